The van der Waals surface area contributed by atoms with Crippen LogP contribution in [0.4, 0.5) is 8.78 Å². The number of aromatic amines is 1. The average molecular weight is 340 g/mol. The Labute approximate surface area is 139 Å². The fraction of sp³-hybridized carbons (Fsp3) is 0. The highest BCUT2D eigenvalue weighted by atomic mass is 32.1. The van der Waals surface area contributed by atoms with Gasteiger partial charge in [-0.1, -0.05) is 24.3 Å². The Kier molecular flexibility index (Phi) is 3.62. The molecule has 4 nitrogen and oxygen atoms in total. The molecule has 0 radical (unpaired) electrons. The summed E-state index contributed by atoms with van der Waals surface area (Å²) in [7, 11) is 0. The zero-order valence-electron chi connectivity index (χ0n) is 12.2. The van der Waals surface area contributed by atoms with Crippen LogP contribution in [0.2, 0.25) is 0 Å². The lowest BCUT2D eigenvalue weighted by Gasteiger charge is -2.00. The molecule has 24 heavy (non-hydrogen) atoms. The van der Waals surface area contributed by atoms with Crippen molar-refractivity contribution in [3.05, 3.63) is 66.2 Å². The monoisotopic (exact) mass is 340 g/mol. The maximum absolute atomic E-state index is 13.2. The van der Waals surface area contributed by atoms with E-state index >= 15 is 0 Å². The van der Waals surface area contributed by atoms with E-state index in [-0.39, 0.29) is 11.6 Å². The van der Waals surface area contributed by atoms with Crippen LogP contribution in [0.5, 0.6) is 0 Å². The standard InChI is InChI=1S/C17H10F2N4S/c18-12-5-1-10(2-6-12)15-9-14(17-20-22-23-21-17)16(24-15)11-3-7-13(19)8-4-11/h1-9H,(H,20,21,22,23). The maximum atomic E-state index is 13.2. The number of aromatic nitrogens is 4. The van der Waals surface area contributed by atoms with E-state index in [2.05, 4.69) is 20.6 Å². The summed E-state index contributed by atoms with van der Waals surface area (Å²) in [6.07, 6.45) is 0. The Bertz CT molecular complexity index is 961. The van der Waals surface area contributed by atoms with Crippen molar-refractivity contribution in [1.29, 1.82) is 0 Å². The number of nitrogens with zero attached hydrogens (tertiary/aromatic N) is 3. The van der Waals surface area contributed by atoms with Crippen LogP contribution < -0.4 is 0 Å². The molecule has 0 saturated carbocycles. The molecule has 4 aromatic rings. The van der Waals surface area contributed by atoms with Crippen molar-refractivity contribution in [3.63, 3.8) is 0 Å². The number of rotatable bonds is 3. The highest BCUT2D eigenvalue weighted by Crippen LogP contribution is 2.42. The molecular weight excluding hydrogens is 330 g/mol. The van der Waals surface area contributed by atoms with Crippen LogP contribution >= 0.6 is 11.3 Å². The van der Waals surface area contributed by atoms with Gasteiger partial charge in [0.15, 0.2) is 0 Å². The lowest BCUT2D eigenvalue weighted by molar-refractivity contribution is 0.627. The average Bonchev–Trinajstić information content (AvgIpc) is 3.25. The number of nitrogens with one attached hydrogen (secondary N) is 1. The van der Waals surface area contributed by atoms with Gasteiger partial charge in [0.05, 0.1) is 0 Å². The number of H-pyrrole nitrogens is 1. The molecule has 0 unspecified atom stereocenters. The van der Waals surface area contributed by atoms with E-state index in [1.54, 1.807) is 24.3 Å². The smallest absolute Gasteiger partial charge is 0.206 e. The minimum atomic E-state index is -0.296. The third-order valence-corrected chi connectivity index (χ3v) is 4.79. The first-order valence-electron chi connectivity index (χ1n) is 7.10. The van der Waals surface area contributed by atoms with Gasteiger partial charge in [0.2, 0.25) is 5.82 Å². The zero-order valence-corrected chi connectivity index (χ0v) is 13.0. The molecule has 2 heterocycles. The molecule has 0 atom stereocenters. The van der Waals surface area contributed by atoms with Crippen LogP contribution in [-0.2, 0) is 0 Å². The summed E-state index contributed by atoms with van der Waals surface area (Å²) in [5, 5.41) is 14.1. The second-order valence-corrected chi connectivity index (χ2v) is 6.15. The minimum absolute atomic E-state index is 0.285. The summed E-state index contributed by atoms with van der Waals surface area (Å²) in [4.78, 5) is 1.84. The number of tetrazole rings is 1. The lowest BCUT2D eigenvalue weighted by Crippen LogP contribution is -1.82. The van der Waals surface area contributed by atoms with Gasteiger partial charge in [-0.05, 0) is 46.7 Å². The van der Waals surface area contributed by atoms with Gasteiger partial charge in [-0.25, -0.2) is 8.78 Å². The highest BCUT2D eigenvalue weighted by molar-refractivity contribution is 7.19. The van der Waals surface area contributed by atoms with Crippen molar-refractivity contribution in [2.45, 2.75) is 0 Å². The lowest BCUT2D eigenvalue weighted by atomic mass is 10.1. The first kappa shape index (κ1) is 14.6. The normalized spacial score (nSPS) is 10.9. The first-order chi connectivity index (χ1) is 11.7. The van der Waals surface area contributed by atoms with Gasteiger partial charge < -0.3 is 0 Å². The summed E-state index contributed by atoms with van der Waals surface area (Å²) in [6, 6.07) is 14.4. The number of benzene rings is 2. The van der Waals surface area contributed by atoms with Gasteiger partial charge in [0.25, 0.3) is 0 Å². The second-order valence-electron chi connectivity index (χ2n) is 5.10. The van der Waals surface area contributed by atoms with Crippen molar-refractivity contribution < 1.29 is 8.78 Å². The first-order valence-corrected chi connectivity index (χ1v) is 7.92. The van der Waals surface area contributed by atoms with Crippen LogP contribution in [0, 0.1) is 11.6 Å². The number of thiophene rings is 1. The van der Waals surface area contributed by atoms with Crippen molar-refractivity contribution in [2.24, 2.45) is 0 Å². The van der Waals surface area contributed by atoms with Gasteiger partial charge >= 0.3 is 0 Å². The predicted molar refractivity (Wildman–Crippen MR) is 88.3 cm³/mol. The van der Waals surface area contributed by atoms with E-state index < -0.39 is 0 Å². The summed E-state index contributed by atoms with van der Waals surface area (Å²) in [5.74, 6) is -0.124. The Balaban J connectivity index is 1.87. The molecule has 0 aliphatic rings. The van der Waals surface area contributed by atoms with Crippen LogP contribution in [0.1, 0.15) is 0 Å². The molecule has 1 N–H and O–H groups in total. The molecule has 4 rings (SSSR count). The topological polar surface area (TPSA) is 54.5 Å². The van der Waals surface area contributed by atoms with Crippen molar-refractivity contribution >= 4 is 11.3 Å². The van der Waals surface area contributed by atoms with Gasteiger partial charge in [-0.3, -0.25) is 0 Å². The molecule has 7 heteroatoms. The quantitative estimate of drug-likeness (QED) is 0.596. The van der Waals surface area contributed by atoms with Crippen LogP contribution in [-0.4, -0.2) is 20.6 Å². The highest BCUT2D eigenvalue weighted by Gasteiger charge is 2.17. The number of hydrogen-bond acceptors (Lipinski definition) is 4. The van der Waals surface area contributed by atoms with E-state index in [4.69, 9.17) is 0 Å². The third-order valence-electron chi connectivity index (χ3n) is 3.55. The minimum Gasteiger partial charge on any atom is -0.207 e. The maximum Gasteiger partial charge on any atom is 0.206 e. The second kappa shape index (κ2) is 5.93. The predicted octanol–water partition coefficient (Wildman–Crippen LogP) is 4.54. The largest absolute Gasteiger partial charge is 0.207 e. The Morgan fingerprint density at radius 1 is 0.833 bits per heavy atom. The van der Waals surface area contributed by atoms with Gasteiger partial charge in [-0.2, -0.15) is 5.21 Å². The third kappa shape index (κ3) is 2.69. The van der Waals surface area contributed by atoms with Crippen molar-refractivity contribution in [1.82, 2.24) is 20.6 Å². The van der Waals surface area contributed by atoms with Gasteiger partial charge in [-0.15, -0.1) is 21.5 Å². The molecule has 0 saturated heterocycles. The Hall–Kier alpha value is -2.93. The number of halogens is 2. The molecular formula is C17H10F2N4S. The molecule has 0 aliphatic carbocycles. The summed E-state index contributed by atoms with van der Waals surface area (Å²) >= 11 is 1.51. The molecule has 0 amide bonds. The Morgan fingerprint density at radius 2 is 1.46 bits per heavy atom. The fourth-order valence-electron chi connectivity index (χ4n) is 2.41. The summed E-state index contributed by atoms with van der Waals surface area (Å²) < 4.78 is 26.4. The number of hydrogen-bond donors (Lipinski definition) is 1. The van der Waals surface area contributed by atoms with E-state index in [1.807, 2.05) is 6.07 Å². The molecule has 118 valence electrons. The molecule has 0 fully saturated rings. The van der Waals surface area contributed by atoms with Crippen LogP contribution in [0.15, 0.2) is 54.6 Å². The van der Waals surface area contributed by atoms with Crippen molar-refractivity contribution in [3.8, 4) is 32.3 Å². The van der Waals surface area contributed by atoms with Crippen LogP contribution in [0.3, 0.4) is 0 Å². The van der Waals surface area contributed by atoms with Crippen molar-refractivity contribution in [2.75, 3.05) is 0 Å². The van der Waals surface area contributed by atoms with E-state index in [0.717, 1.165) is 26.4 Å². The molecule has 2 aromatic carbocycles. The molecule has 2 aromatic heterocycles. The summed E-state index contributed by atoms with van der Waals surface area (Å²) in [6.45, 7) is 0. The zero-order chi connectivity index (χ0) is 16.5. The van der Waals surface area contributed by atoms with Crippen LogP contribution in [0.25, 0.3) is 32.3 Å². The van der Waals surface area contributed by atoms with E-state index in [9.17, 15) is 8.78 Å². The Morgan fingerprint density at radius 3 is 2.04 bits per heavy atom. The van der Waals surface area contributed by atoms with Gasteiger partial charge in [0.1, 0.15) is 11.6 Å². The molecule has 0 aliphatic heterocycles. The fourth-order valence-corrected chi connectivity index (χ4v) is 3.57. The molecule has 0 spiro atoms. The molecule has 0 bridgehead atoms. The summed E-state index contributed by atoms with van der Waals surface area (Å²) in [5.41, 5.74) is 2.54. The SMILES string of the molecule is Fc1ccc(-c2cc(-c3nn[nH]n3)c(-c3ccc(F)cc3)s2)cc1. The van der Waals surface area contributed by atoms with E-state index in [1.165, 1.54) is 35.6 Å². The van der Waals surface area contributed by atoms with Gasteiger partial charge in [0, 0.05) is 15.3 Å². The van der Waals surface area contributed by atoms with E-state index in [0.29, 0.717) is 5.82 Å².